The summed E-state index contributed by atoms with van der Waals surface area (Å²) in [6.07, 6.45) is 8.04. The van der Waals surface area contributed by atoms with Gasteiger partial charge in [0.2, 0.25) is 0 Å². The van der Waals surface area contributed by atoms with E-state index in [-0.39, 0.29) is 47.3 Å². The number of nitrogens with one attached hydrogen (secondary N) is 2. The fourth-order valence-corrected chi connectivity index (χ4v) is 11.4. The van der Waals surface area contributed by atoms with Crippen molar-refractivity contribution in [3.63, 3.8) is 0 Å². The van der Waals surface area contributed by atoms with Crippen LogP contribution in [0.4, 0.5) is 13.6 Å². The number of rotatable bonds is 7. The molecular formula is C32H48F2N2O5S. The van der Waals surface area contributed by atoms with Crippen LogP contribution < -0.4 is 10.0 Å². The van der Waals surface area contributed by atoms with E-state index in [9.17, 15) is 32.2 Å². The number of carbonyl (C=O) groups is 1. The topological polar surface area (TPSA) is 116 Å². The van der Waals surface area contributed by atoms with Crippen LogP contribution in [0.1, 0.15) is 85.5 Å². The Bertz CT molecular complexity index is 1260. The molecule has 0 saturated heterocycles. The zero-order valence-corrected chi connectivity index (χ0v) is 26.1. The van der Waals surface area contributed by atoms with Gasteiger partial charge in [0.05, 0.1) is 17.1 Å². The first-order valence-electron chi connectivity index (χ1n) is 15.8. The molecule has 4 aliphatic rings. The van der Waals surface area contributed by atoms with Crippen molar-refractivity contribution < 1.29 is 32.2 Å². The third kappa shape index (κ3) is 5.49. The lowest BCUT2D eigenvalue weighted by molar-refractivity contribution is -0.203. The molecule has 0 spiro atoms. The van der Waals surface area contributed by atoms with E-state index in [1.165, 1.54) is 0 Å². The largest absolute Gasteiger partial charge is 0.393 e. The van der Waals surface area contributed by atoms with Crippen LogP contribution in [0.5, 0.6) is 0 Å². The first-order chi connectivity index (χ1) is 19.7. The Morgan fingerprint density at radius 2 is 1.64 bits per heavy atom. The molecular weight excluding hydrogens is 562 g/mol. The number of halogens is 2. The second-order valence-corrected chi connectivity index (χ2v) is 16.0. The summed E-state index contributed by atoms with van der Waals surface area (Å²) < 4.78 is 53.7. The van der Waals surface area contributed by atoms with E-state index < -0.39 is 32.6 Å². The summed E-state index contributed by atoms with van der Waals surface area (Å²) in [5, 5.41) is 25.0. The molecule has 4 fully saturated rings. The van der Waals surface area contributed by atoms with E-state index in [1.54, 1.807) is 0 Å². The molecule has 0 radical (unpaired) electrons. The van der Waals surface area contributed by atoms with E-state index in [0.717, 1.165) is 51.4 Å². The number of hydrogen-bond acceptors (Lipinski definition) is 5. The summed E-state index contributed by atoms with van der Waals surface area (Å²) in [7, 11) is -4.42. The van der Waals surface area contributed by atoms with Crippen LogP contribution in [-0.2, 0) is 10.0 Å². The van der Waals surface area contributed by atoms with Gasteiger partial charge in [0, 0.05) is 12.6 Å². The zero-order chi connectivity index (χ0) is 30.6. The highest BCUT2D eigenvalue weighted by molar-refractivity contribution is 7.90. The van der Waals surface area contributed by atoms with Gasteiger partial charge in [-0.15, -0.1) is 0 Å². The monoisotopic (exact) mass is 610 g/mol. The summed E-state index contributed by atoms with van der Waals surface area (Å²) in [6.45, 7) is 9.49. The Kier molecular flexibility index (Phi) is 8.75. The van der Waals surface area contributed by atoms with Crippen LogP contribution in [0, 0.1) is 63.9 Å². The Morgan fingerprint density at radius 1 is 1.00 bits per heavy atom. The number of fused-ring (bicyclic) bond motifs is 5. The molecule has 1 aromatic carbocycles. The minimum atomic E-state index is -4.42. The van der Waals surface area contributed by atoms with Crippen molar-refractivity contribution in [2.75, 3.05) is 6.54 Å². The van der Waals surface area contributed by atoms with Gasteiger partial charge in [-0.05, 0) is 116 Å². The van der Waals surface area contributed by atoms with Crippen molar-refractivity contribution >= 4 is 16.1 Å². The van der Waals surface area contributed by atoms with Gasteiger partial charge in [0.15, 0.2) is 0 Å². The Balaban J connectivity index is 1.22. The molecule has 7 nitrogen and oxygen atoms in total. The second-order valence-electron chi connectivity index (χ2n) is 14.4. The van der Waals surface area contributed by atoms with Crippen LogP contribution >= 0.6 is 0 Å². The normalized spacial score (nSPS) is 40.4. The predicted molar refractivity (Wildman–Crippen MR) is 156 cm³/mol. The molecule has 3 unspecified atom stereocenters. The maximum Gasteiger partial charge on any atom is 0.328 e. The molecule has 1 aromatic rings. The number of aliphatic hydroxyl groups is 2. The number of benzene rings is 1. The van der Waals surface area contributed by atoms with Gasteiger partial charge in [-0.25, -0.2) is 26.7 Å². The number of aliphatic hydroxyl groups excluding tert-OH is 2. The number of carbonyl (C=O) groups excluding carboxylic acids is 1. The van der Waals surface area contributed by atoms with Crippen LogP contribution in [0.15, 0.2) is 23.1 Å². The lowest BCUT2D eigenvalue weighted by Gasteiger charge is -2.64. The van der Waals surface area contributed by atoms with Gasteiger partial charge in [-0.2, -0.15) is 0 Å². The van der Waals surface area contributed by atoms with Gasteiger partial charge in [-0.3, -0.25) is 0 Å². The minimum absolute atomic E-state index is 0.0876. The van der Waals surface area contributed by atoms with Crippen LogP contribution in [-0.4, -0.2) is 43.4 Å². The van der Waals surface area contributed by atoms with Crippen molar-refractivity contribution in [3.05, 3.63) is 29.8 Å². The third-order valence-corrected chi connectivity index (χ3v) is 13.7. The molecule has 236 valence electrons. The highest BCUT2D eigenvalue weighted by Crippen LogP contribution is 2.69. The van der Waals surface area contributed by atoms with Crippen LogP contribution in [0.2, 0.25) is 0 Å². The highest BCUT2D eigenvalue weighted by atomic mass is 32.2. The third-order valence-electron chi connectivity index (χ3n) is 12.4. The number of urea groups is 1. The molecule has 0 aromatic heterocycles. The summed E-state index contributed by atoms with van der Waals surface area (Å²) in [5.74, 6) is 0.379. The van der Waals surface area contributed by atoms with E-state index in [2.05, 4.69) is 33.0 Å². The molecule has 0 bridgehead atoms. The molecule has 10 heteroatoms. The number of sulfonamides is 1. The first-order valence-corrected chi connectivity index (χ1v) is 17.3. The molecule has 11 atom stereocenters. The van der Waals surface area contributed by atoms with Crippen molar-refractivity contribution in [3.8, 4) is 0 Å². The average molecular weight is 611 g/mol. The molecule has 42 heavy (non-hydrogen) atoms. The van der Waals surface area contributed by atoms with Crippen LogP contribution in [0.3, 0.4) is 0 Å². The van der Waals surface area contributed by atoms with Crippen molar-refractivity contribution in [2.45, 2.75) is 103 Å². The summed E-state index contributed by atoms with van der Waals surface area (Å²) >= 11 is 0. The lowest BCUT2D eigenvalue weighted by Crippen LogP contribution is -2.62. The summed E-state index contributed by atoms with van der Waals surface area (Å²) in [5.41, 5.74) is 0.244. The van der Waals surface area contributed by atoms with Gasteiger partial charge in [0.1, 0.15) is 11.6 Å². The van der Waals surface area contributed by atoms with Crippen molar-refractivity contribution in [1.29, 1.82) is 0 Å². The SMILES string of the molecule is CC[C@@H]1C2C[C@H](O)CCC2(C)[C@H]2CC[C@]3(C)C([C@H](C)CCNC(=O)NS(=O)(=O)c4cc(F)cc(F)c4)CC[C@H]3[C@@H]2[C@@H]1O. The number of amides is 2. The van der Waals surface area contributed by atoms with E-state index in [4.69, 9.17) is 0 Å². The molecule has 0 heterocycles. The molecule has 0 aliphatic heterocycles. The van der Waals surface area contributed by atoms with Crippen molar-refractivity contribution in [1.82, 2.24) is 10.0 Å². The standard InChI is InChI=1S/C32H48F2N2O5S/c1-5-23-27-17-21(37)8-11-32(27,4)26-9-12-31(3)24(6-7-25(31)28(26)29(23)38)18(2)10-13-35-30(39)36-42(40,41)22-15-19(33)14-20(34)16-22/h14-16,18,21,23-29,37-38H,5-13,17H2,1-4H3,(H2,35,36,39)/t18-,21-,23-,24?,25+,26+,27?,28+,29-,31-,32?/m1/s1. The van der Waals surface area contributed by atoms with E-state index >= 15 is 0 Å². The predicted octanol–water partition coefficient (Wildman–Crippen LogP) is 5.61. The molecule has 2 amide bonds. The molecule has 4 aliphatic carbocycles. The van der Waals surface area contributed by atoms with Gasteiger partial charge in [0.25, 0.3) is 10.0 Å². The van der Waals surface area contributed by atoms with E-state index in [1.807, 2.05) is 4.72 Å². The fourth-order valence-electron chi connectivity index (χ4n) is 10.4. The van der Waals surface area contributed by atoms with Crippen LogP contribution in [0.25, 0.3) is 0 Å². The van der Waals surface area contributed by atoms with Gasteiger partial charge < -0.3 is 15.5 Å². The molecule has 4 saturated carbocycles. The molecule has 5 rings (SSSR count). The second kappa shape index (κ2) is 11.6. The van der Waals surface area contributed by atoms with Gasteiger partial charge in [-0.1, -0.05) is 34.1 Å². The Morgan fingerprint density at radius 3 is 2.31 bits per heavy atom. The quantitative estimate of drug-likeness (QED) is 0.321. The maximum absolute atomic E-state index is 13.5. The Labute approximate surface area is 249 Å². The number of hydrogen-bond donors (Lipinski definition) is 4. The fraction of sp³-hybridized carbons (Fsp3) is 0.781. The highest BCUT2D eigenvalue weighted by Gasteiger charge is 2.64. The summed E-state index contributed by atoms with van der Waals surface area (Å²) in [4.78, 5) is 11.7. The average Bonchev–Trinajstić information content (AvgIpc) is 3.26. The first kappa shape index (κ1) is 31.6. The summed E-state index contributed by atoms with van der Waals surface area (Å²) in [6, 6.07) is 0.962. The maximum atomic E-state index is 13.5. The smallest absolute Gasteiger partial charge is 0.328 e. The zero-order valence-electron chi connectivity index (χ0n) is 25.3. The minimum Gasteiger partial charge on any atom is -0.393 e. The Hall–Kier alpha value is -1.78. The van der Waals surface area contributed by atoms with Gasteiger partial charge >= 0.3 is 6.03 Å². The van der Waals surface area contributed by atoms with Crippen molar-refractivity contribution in [2.24, 2.45) is 52.3 Å². The van der Waals surface area contributed by atoms with E-state index in [0.29, 0.717) is 48.3 Å². The lowest BCUT2D eigenvalue weighted by atomic mass is 9.41. The molecule has 4 N–H and O–H groups in total.